The average Bonchev–Trinajstić information content (AvgIpc) is 2.39. The fourth-order valence-electron chi connectivity index (χ4n) is 1.11. The first-order valence-electron chi connectivity index (χ1n) is 3.49. The molecule has 0 atom stereocenters. The Labute approximate surface area is 68.9 Å². The van der Waals surface area contributed by atoms with E-state index >= 15 is 0 Å². The Hall–Kier alpha value is -1.84. The Kier molecular flexibility index (Phi) is 1.18. The van der Waals surface area contributed by atoms with Crippen molar-refractivity contribution in [1.29, 1.82) is 0 Å². The smallest absolute Gasteiger partial charge is 0.146 e. The number of nitrogens with two attached hydrogens (primary N) is 2. The molecule has 1 aliphatic heterocycles. The molecule has 0 radical (unpaired) electrons. The minimum Gasteiger partial charge on any atom is -0.397 e. The summed E-state index contributed by atoms with van der Waals surface area (Å²) in [7, 11) is 0. The number of anilines is 2. The normalized spacial score (nSPS) is 13.5. The van der Waals surface area contributed by atoms with Crippen LogP contribution < -0.4 is 22.2 Å². The van der Waals surface area contributed by atoms with Gasteiger partial charge in [-0.05, 0) is 12.1 Å². The number of benzene rings is 1. The van der Waals surface area contributed by atoms with Crippen molar-refractivity contribution in [2.45, 2.75) is 0 Å². The molecule has 1 aromatic carbocycles. The van der Waals surface area contributed by atoms with Crippen LogP contribution in [0.1, 0.15) is 0 Å². The van der Waals surface area contributed by atoms with Crippen molar-refractivity contribution in [2.75, 3.05) is 11.5 Å². The van der Waals surface area contributed by atoms with Gasteiger partial charge in [0.15, 0.2) is 0 Å². The molecule has 1 aromatic rings. The molecule has 12 heavy (non-hydrogen) atoms. The van der Waals surface area contributed by atoms with E-state index in [1.807, 2.05) is 0 Å². The van der Waals surface area contributed by atoms with Crippen molar-refractivity contribution in [3.63, 3.8) is 0 Å². The number of rotatable bonds is 0. The summed E-state index contributed by atoms with van der Waals surface area (Å²) in [5.41, 5.74) is 12.3. The largest absolute Gasteiger partial charge is 0.397 e. The van der Waals surface area contributed by atoms with Crippen molar-refractivity contribution in [1.82, 2.24) is 0 Å². The molecule has 1 heterocycles. The Balaban J connectivity index is 2.96. The van der Waals surface area contributed by atoms with Gasteiger partial charge in [0.25, 0.3) is 0 Å². The van der Waals surface area contributed by atoms with E-state index in [0.29, 0.717) is 22.6 Å². The van der Waals surface area contributed by atoms with Crippen molar-refractivity contribution < 1.29 is 0 Å². The van der Waals surface area contributed by atoms with Crippen molar-refractivity contribution in [2.24, 2.45) is 9.98 Å². The lowest BCUT2D eigenvalue weighted by Crippen LogP contribution is -2.26. The lowest BCUT2D eigenvalue weighted by molar-refractivity contribution is 1.24. The first kappa shape index (κ1) is 6.84. The Bertz CT molecular complexity index is 473. The molecular formula is C8H8N4. The van der Waals surface area contributed by atoms with Gasteiger partial charge < -0.3 is 11.5 Å². The van der Waals surface area contributed by atoms with Crippen molar-refractivity contribution in [3.05, 3.63) is 35.2 Å². The first-order chi connectivity index (χ1) is 5.68. The van der Waals surface area contributed by atoms with Gasteiger partial charge in [0.05, 0.1) is 16.7 Å². The summed E-state index contributed by atoms with van der Waals surface area (Å²) >= 11 is 0. The zero-order valence-corrected chi connectivity index (χ0v) is 6.41. The molecule has 0 unspecified atom stereocenters. The van der Waals surface area contributed by atoms with Gasteiger partial charge in [0, 0.05) is 0 Å². The summed E-state index contributed by atoms with van der Waals surface area (Å²) < 4.78 is 0. The minimum absolute atomic E-state index is 0.474. The van der Waals surface area contributed by atoms with Crippen LogP contribution >= 0.6 is 0 Å². The Morgan fingerprint density at radius 3 is 2.67 bits per heavy atom. The fraction of sp³-hybridized carbons (Fsp3) is 0. The van der Waals surface area contributed by atoms with E-state index in [2.05, 4.69) is 16.6 Å². The van der Waals surface area contributed by atoms with Crippen LogP contribution in [0, 0.1) is 0 Å². The molecular weight excluding hydrogens is 152 g/mol. The summed E-state index contributed by atoms with van der Waals surface area (Å²) in [5, 5.41) is 1.38. The minimum atomic E-state index is 0.474. The van der Waals surface area contributed by atoms with Gasteiger partial charge in [-0.25, -0.2) is 9.98 Å². The topological polar surface area (TPSA) is 76.8 Å². The standard InChI is InChI=1S/C8H8N4/c1-4-11-6-3-2-5(9)7(10)8(6)12-4/h2-3H,1,9-10H2. The van der Waals surface area contributed by atoms with Crippen LogP contribution in [0.4, 0.5) is 11.4 Å². The maximum absolute atomic E-state index is 5.68. The molecule has 0 bridgehead atoms. The van der Waals surface area contributed by atoms with Crippen molar-refractivity contribution in [3.8, 4) is 0 Å². The molecule has 0 saturated heterocycles. The molecule has 0 amide bonds. The molecule has 4 nitrogen and oxygen atoms in total. The highest BCUT2D eigenvalue weighted by Crippen LogP contribution is 2.07. The summed E-state index contributed by atoms with van der Waals surface area (Å²) in [5.74, 6) is 0.474. The van der Waals surface area contributed by atoms with Crippen LogP contribution in [0.3, 0.4) is 0 Å². The highest BCUT2D eigenvalue weighted by atomic mass is 15.0. The summed E-state index contributed by atoms with van der Waals surface area (Å²) in [6.07, 6.45) is 0. The van der Waals surface area contributed by atoms with Crippen LogP contribution in [0.2, 0.25) is 0 Å². The van der Waals surface area contributed by atoms with Gasteiger partial charge >= 0.3 is 0 Å². The van der Waals surface area contributed by atoms with Gasteiger partial charge in [-0.2, -0.15) is 0 Å². The monoisotopic (exact) mass is 160 g/mol. The van der Waals surface area contributed by atoms with E-state index in [-0.39, 0.29) is 0 Å². The SMILES string of the molecule is C=C1N=c2ccc(N)c(N)c2=N1. The second-order valence-corrected chi connectivity index (χ2v) is 2.58. The summed E-state index contributed by atoms with van der Waals surface area (Å²) in [6.45, 7) is 3.61. The second kappa shape index (κ2) is 2.07. The maximum atomic E-state index is 5.68. The van der Waals surface area contributed by atoms with E-state index in [4.69, 9.17) is 11.5 Å². The maximum Gasteiger partial charge on any atom is 0.146 e. The zero-order valence-electron chi connectivity index (χ0n) is 6.41. The predicted molar refractivity (Wildman–Crippen MR) is 46.7 cm³/mol. The molecule has 2 rings (SSSR count). The van der Waals surface area contributed by atoms with E-state index in [1.165, 1.54) is 0 Å². The second-order valence-electron chi connectivity index (χ2n) is 2.58. The molecule has 0 saturated carbocycles. The number of nitrogens with zero attached hydrogens (tertiary/aromatic N) is 2. The molecule has 4 N–H and O–H groups in total. The molecule has 60 valence electrons. The van der Waals surface area contributed by atoms with Crippen LogP contribution in [0.5, 0.6) is 0 Å². The Morgan fingerprint density at radius 1 is 1.17 bits per heavy atom. The predicted octanol–water partition coefficient (Wildman–Crippen LogP) is -0.425. The third-order valence-corrected chi connectivity index (χ3v) is 1.72. The average molecular weight is 160 g/mol. The lowest BCUT2D eigenvalue weighted by Gasteiger charge is -1.95. The van der Waals surface area contributed by atoms with Crippen molar-refractivity contribution >= 4 is 11.4 Å². The van der Waals surface area contributed by atoms with Gasteiger partial charge in [-0.15, -0.1) is 0 Å². The molecule has 1 aliphatic rings. The number of nitrogen functional groups attached to an aromatic ring is 2. The van der Waals surface area contributed by atoms with Gasteiger partial charge in [-0.1, -0.05) is 6.58 Å². The van der Waals surface area contributed by atoms with Gasteiger partial charge in [0.1, 0.15) is 11.2 Å². The Morgan fingerprint density at radius 2 is 1.92 bits per heavy atom. The summed E-state index contributed by atoms with van der Waals surface area (Å²) in [6, 6.07) is 3.49. The fourth-order valence-corrected chi connectivity index (χ4v) is 1.11. The van der Waals surface area contributed by atoms with Crippen LogP contribution in [0.15, 0.2) is 34.5 Å². The number of hydrogen-bond donors (Lipinski definition) is 2. The third kappa shape index (κ3) is 0.780. The van der Waals surface area contributed by atoms with Gasteiger partial charge in [-0.3, -0.25) is 0 Å². The van der Waals surface area contributed by atoms with Crippen LogP contribution in [0.25, 0.3) is 0 Å². The molecule has 0 spiro atoms. The molecule has 0 fully saturated rings. The highest BCUT2D eigenvalue weighted by molar-refractivity contribution is 5.62. The van der Waals surface area contributed by atoms with E-state index in [1.54, 1.807) is 12.1 Å². The molecule has 0 aliphatic carbocycles. The van der Waals surface area contributed by atoms with Crippen LogP contribution in [-0.2, 0) is 0 Å². The molecule has 0 aromatic heterocycles. The quantitative estimate of drug-likeness (QED) is 0.505. The van der Waals surface area contributed by atoms with E-state index in [0.717, 1.165) is 5.36 Å². The van der Waals surface area contributed by atoms with Gasteiger partial charge in [0.2, 0.25) is 0 Å². The first-order valence-corrected chi connectivity index (χ1v) is 3.49. The van der Waals surface area contributed by atoms with E-state index in [9.17, 15) is 0 Å². The highest BCUT2D eigenvalue weighted by Gasteiger charge is 2.04. The lowest BCUT2D eigenvalue weighted by atomic mass is 10.2. The number of fused-ring (bicyclic) bond motifs is 1. The zero-order chi connectivity index (χ0) is 8.72. The molecule has 4 heteroatoms. The van der Waals surface area contributed by atoms with Crippen LogP contribution in [-0.4, -0.2) is 0 Å². The summed E-state index contributed by atoms with van der Waals surface area (Å²) in [4.78, 5) is 8.10. The van der Waals surface area contributed by atoms with E-state index < -0.39 is 0 Å². The third-order valence-electron chi connectivity index (χ3n) is 1.72. The number of hydrogen-bond acceptors (Lipinski definition) is 4.